The number of halogens is 7. The van der Waals surface area contributed by atoms with Crippen molar-refractivity contribution >= 4 is 42.6 Å². The van der Waals surface area contributed by atoms with Crippen molar-refractivity contribution in [3.05, 3.63) is 64.7 Å². The molecule has 1 aliphatic heterocycles. The molecule has 10 heteroatoms. The average Bonchev–Trinajstić information content (AvgIpc) is 2.85. The van der Waals surface area contributed by atoms with E-state index in [2.05, 4.69) is 92.8 Å². The van der Waals surface area contributed by atoms with Crippen LogP contribution in [-0.4, -0.2) is 30.4 Å². The summed E-state index contributed by atoms with van der Waals surface area (Å²) >= 11 is 6.23. The van der Waals surface area contributed by atoms with E-state index in [1.807, 2.05) is 6.07 Å². The van der Waals surface area contributed by atoms with Crippen molar-refractivity contribution in [1.82, 2.24) is 0 Å². The molecule has 3 rings (SSSR count). The number of nitrogens with zero attached hydrogens (tertiary/aromatic N) is 2. The quantitative estimate of drug-likeness (QED) is 0.220. The first-order valence-corrected chi connectivity index (χ1v) is 12.7. The summed E-state index contributed by atoms with van der Waals surface area (Å²) in [5.41, 5.74) is 6.22. The summed E-state index contributed by atoms with van der Waals surface area (Å²) in [4.78, 5) is 2.36. The molecule has 0 spiro atoms. The zero-order chi connectivity index (χ0) is 25.3. The molecule has 0 saturated carbocycles. The van der Waals surface area contributed by atoms with Crippen molar-refractivity contribution in [3.63, 3.8) is 0 Å². The van der Waals surface area contributed by atoms with Crippen molar-refractivity contribution in [1.29, 1.82) is 0 Å². The second kappa shape index (κ2) is 8.62. The Kier molecular flexibility index (Phi) is 7.11. The van der Waals surface area contributed by atoms with Crippen molar-refractivity contribution in [2.45, 2.75) is 33.1 Å². The van der Waals surface area contributed by atoms with Crippen LogP contribution in [0.4, 0.5) is 36.6 Å². The molecule has 2 nitrogen and oxygen atoms in total. The summed E-state index contributed by atoms with van der Waals surface area (Å²) in [5.74, 6) is 0. The molecule has 0 aliphatic carbocycles. The molecule has 0 unspecified atom stereocenters. The van der Waals surface area contributed by atoms with E-state index in [0.29, 0.717) is 0 Å². The molecular formula is C23H28ClF6N2P. The molecule has 184 valence electrons. The first-order chi connectivity index (χ1) is 14.8. The second-order valence-electron chi connectivity index (χ2n) is 8.29. The Labute approximate surface area is 195 Å². The zero-order valence-corrected chi connectivity index (χ0v) is 20.7. The number of allylic oxidation sites excluding steroid dienone is 1. The standard InChI is InChI=1S/C23H28ClN2.F6P/c1-6-26(7-2)19-12-8-17(9-13-19)10-15-22-23(3,4)20-16-18(24)11-14-21(20)25(22)5;1-7(2,3,4,5)6/h8-16H,6-7H2,1-5H3;/q+1;-1. The number of rotatable bonds is 5. The van der Waals surface area contributed by atoms with E-state index in [1.165, 1.54) is 28.2 Å². The van der Waals surface area contributed by atoms with Crippen LogP contribution < -0.4 is 4.90 Å². The van der Waals surface area contributed by atoms with Crippen LogP contribution in [0.1, 0.15) is 38.8 Å². The average molecular weight is 513 g/mol. The third-order valence-electron chi connectivity index (χ3n) is 5.45. The second-order valence-corrected chi connectivity index (χ2v) is 10.6. The molecular weight excluding hydrogens is 485 g/mol. The maximum absolute atomic E-state index is 10.7. The van der Waals surface area contributed by atoms with Crippen LogP contribution in [0.5, 0.6) is 0 Å². The molecule has 0 fully saturated rings. The first-order valence-electron chi connectivity index (χ1n) is 10.3. The van der Waals surface area contributed by atoms with Crippen LogP contribution in [0.25, 0.3) is 6.08 Å². The fourth-order valence-electron chi connectivity index (χ4n) is 3.87. The van der Waals surface area contributed by atoms with E-state index in [4.69, 9.17) is 11.6 Å². The molecule has 0 N–H and O–H groups in total. The minimum atomic E-state index is -10.7. The predicted octanol–water partition coefficient (Wildman–Crippen LogP) is 9.29. The zero-order valence-electron chi connectivity index (χ0n) is 19.1. The fraction of sp³-hybridized carbons (Fsp3) is 0.348. The topological polar surface area (TPSA) is 6.25 Å². The van der Waals surface area contributed by atoms with Gasteiger partial charge in [-0.15, -0.1) is 0 Å². The Hall–Kier alpha value is -2.05. The van der Waals surface area contributed by atoms with E-state index in [-0.39, 0.29) is 5.41 Å². The number of fused-ring (bicyclic) bond motifs is 1. The van der Waals surface area contributed by atoms with Gasteiger partial charge in [-0.2, -0.15) is 4.58 Å². The van der Waals surface area contributed by atoms with Gasteiger partial charge in [-0.1, -0.05) is 23.7 Å². The summed E-state index contributed by atoms with van der Waals surface area (Å²) in [6, 6.07) is 15.0. The van der Waals surface area contributed by atoms with Gasteiger partial charge in [-0.25, -0.2) is 0 Å². The van der Waals surface area contributed by atoms with Gasteiger partial charge in [-0.05, 0) is 63.6 Å². The molecule has 0 bridgehead atoms. The summed E-state index contributed by atoms with van der Waals surface area (Å²) in [6.07, 6.45) is 4.44. The SMILES string of the molecule is CCN(CC)c1ccc(C=CC2=[N+](C)c3ccc(Cl)cc3C2(C)C)cc1.F[P-](F)(F)(F)(F)F. The third-order valence-corrected chi connectivity index (χ3v) is 5.69. The molecule has 0 aromatic heterocycles. The van der Waals surface area contributed by atoms with Crippen LogP contribution >= 0.6 is 19.4 Å². The minimum absolute atomic E-state index is 0.0629. The van der Waals surface area contributed by atoms with Crippen molar-refractivity contribution < 1.29 is 29.8 Å². The van der Waals surface area contributed by atoms with Crippen LogP contribution in [0.15, 0.2) is 48.5 Å². The summed E-state index contributed by atoms with van der Waals surface area (Å²) in [6.45, 7) is 11.0. The fourth-order valence-corrected chi connectivity index (χ4v) is 4.04. The molecule has 2 aromatic carbocycles. The van der Waals surface area contributed by atoms with Gasteiger partial charge in [0, 0.05) is 41.5 Å². The van der Waals surface area contributed by atoms with Gasteiger partial charge in [-0.3, -0.25) is 0 Å². The Balaban J connectivity index is 0.000000479. The van der Waals surface area contributed by atoms with E-state index < -0.39 is 7.81 Å². The number of anilines is 1. The Morgan fingerprint density at radius 1 is 0.909 bits per heavy atom. The molecule has 0 amide bonds. The van der Waals surface area contributed by atoms with Gasteiger partial charge >= 0.3 is 33.0 Å². The third kappa shape index (κ3) is 8.04. The van der Waals surface area contributed by atoms with Gasteiger partial charge < -0.3 is 4.90 Å². The normalized spacial score (nSPS) is 17.2. The molecule has 0 radical (unpaired) electrons. The van der Waals surface area contributed by atoms with E-state index >= 15 is 0 Å². The molecule has 1 heterocycles. The predicted molar refractivity (Wildman–Crippen MR) is 128 cm³/mol. The summed E-state index contributed by atoms with van der Waals surface area (Å²) < 4.78 is 61.5. The van der Waals surface area contributed by atoms with Crippen LogP contribution in [-0.2, 0) is 5.41 Å². The number of hydrogen-bond acceptors (Lipinski definition) is 1. The molecule has 0 atom stereocenters. The van der Waals surface area contributed by atoms with Crippen molar-refractivity contribution in [2.75, 3.05) is 25.0 Å². The van der Waals surface area contributed by atoms with Crippen molar-refractivity contribution in [2.24, 2.45) is 0 Å². The van der Waals surface area contributed by atoms with Gasteiger partial charge in [0.1, 0.15) is 7.05 Å². The van der Waals surface area contributed by atoms with E-state index in [0.717, 1.165) is 18.1 Å². The molecule has 0 saturated heterocycles. The molecule has 33 heavy (non-hydrogen) atoms. The Morgan fingerprint density at radius 3 is 1.91 bits per heavy atom. The maximum atomic E-state index is 9.87. The van der Waals surface area contributed by atoms with Gasteiger partial charge in [0.25, 0.3) is 0 Å². The number of hydrogen-bond donors (Lipinski definition) is 0. The molecule has 2 aromatic rings. The Morgan fingerprint density at radius 2 is 1.42 bits per heavy atom. The number of benzene rings is 2. The van der Waals surface area contributed by atoms with Crippen molar-refractivity contribution in [3.8, 4) is 0 Å². The summed E-state index contributed by atoms with van der Waals surface area (Å²) in [5, 5.41) is 0.794. The summed E-state index contributed by atoms with van der Waals surface area (Å²) in [7, 11) is -8.53. The van der Waals surface area contributed by atoms with Gasteiger partial charge in [0.05, 0.1) is 5.41 Å². The monoisotopic (exact) mass is 512 g/mol. The van der Waals surface area contributed by atoms with E-state index in [9.17, 15) is 25.2 Å². The van der Waals surface area contributed by atoms with Gasteiger partial charge in [0.15, 0.2) is 5.71 Å². The molecule has 1 aliphatic rings. The van der Waals surface area contributed by atoms with Crippen LogP contribution in [0.2, 0.25) is 5.02 Å². The first kappa shape index (κ1) is 27.2. The van der Waals surface area contributed by atoms with Crippen LogP contribution in [0, 0.1) is 0 Å². The Bertz CT molecular complexity index is 1060. The van der Waals surface area contributed by atoms with Crippen LogP contribution in [0.3, 0.4) is 0 Å². The van der Waals surface area contributed by atoms with Gasteiger partial charge in [0.2, 0.25) is 5.69 Å². The van der Waals surface area contributed by atoms with E-state index in [1.54, 1.807) is 0 Å².